The third-order valence-corrected chi connectivity index (χ3v) is 3.47. The van der Waals surface area contributed by atoms with E-state index in [1.54, 1.807) is 25.1 Å². The first-order chi connectivity index (χ1) is 11.4. The number of nitrogens with zero attached hydrogens (tertiary/aromatic N) is 3. The van der Waals surface area contributed by atoms with Crippen LogP contribution in [-0.2, 0) is 6.61 Å². The quantitative estimate of drug-likeness (QED) is 0.574. The van der Waals surface area contributed by atoms with Crippen LogP contribution in [0, 0.1) is 17.0 Å². The molecule has 0 spiro atoms. The van der Waals surface area contributed by atoms with Crippen LogP contribution in [-0.4, -0.2) is 19.9 Å². The molecule has 9 heteroatoms. The van der Waals surface area contributed by atoms with Gasteiger partial charge in [0.25, 0.3) is 5.56 Å². The van der Waals surface area contributed by atoms with Gasteiger partial charge in [-0.25, -0.2) is 4.98 Å². The second-order valence-electron chi connectivity index (χ2n) is 4.99. The van der Waals surface area contributed by atoms with Crippen LogP contribution >= 0.6 is 11.6 Å². The molecule has 122 valence electrons. The van der Waals surface area contributed by atoms with Crippen molar-refractivity contribution < 1.29 is 9.66 Å². The molecule has 0 amide bonds. The second-order valence-corrected chi connectivity index (χ2v) is 5.43. The molecule has 1 aromatic carbocycles. The Morgan fingerprint density at radius 1 is 1.29 bits per heavy atom. The number of rotatable bonds is 4. The average molecular weight is 347 g/mol. The minimum atomic E-state index is -0.624. The molecular weight excluding hydrogens is 336 g/mol. The Hall–Kier alpha value is -3.00. The van der Waals surface area contributed by atoms with Crippen LogP contribution < -0.4 is 10.3 Å². The number of nitrogens with one attached hydrogen (secondary N) is 1. The lowest BCUT2D eigenvalue weighted by Crippen LogP contribution is -2.14. The van der Waals surface area contributed by atoms with Crippen molar-refractivity contribution in [1.29, 1.82) is 0 Å². The maximum atomic E-state index is 12.1. The third kappa shape index (κ3) is 3.18. The first-order valence-electron chi connectivity index (χ1n) is 6.87. The number of aromatic nitrogens is 3. The van der Waals surface area contributed by atoms with E-state index in [9.17, 15) is 14.9 Å². The number of halogens is 1. The molecular formula is C15H11ClN4O4. The van der Waals surface area contributed by atoms with Gasteiger partial charge in [0.05, 0.1) is 10.9 Å². The molecule has 0 saturated heterocycles. The SMILES string of the molecule is Cc1ccc(OCc2nc3ccc(Cl)cc3c(=O)[nH]2)c([N+](=O)[O-])n1. The van der Waals surface area contributed by atoms with Gasteiger partial charge in [0.15, 0.2) is 0 Å². The van der Waals surface area contributed by atoms with Crippen molar-refractivity contribution in [3.63, 3.8) is 0 Å². The molecule has 24 heavy (non-hydrogen) atoms. The highest BCUT2D eigenvalue weighted by molar-refractivity contribution is 6.31. The van der Waals surface area contributed by atoms with Crippen molar-refractivity contribution >= 4 is 28.3 Å². The molecule has 0 radical (unpaired) electrons. The Morgan fingerprint density at radius 2 is 2.08 bits per heavy atom. The molecule has 0 unspecified atom stereocenters. The molecule has 0 aliphatic carbocycles. The van der Waals surface area contributed by atoms with E-state index in [0.29, 0.717) is 21.6 Å². The number of hydrogen-bond donors (Lipinski definition) is 1. The largest absolute Gasteiger partial charge is 0.478 e. The summed E-state index contributed by atoms with van der Waals surface area (Å²) in [6, 6.07) is 7.81. The van der Waals surface area contributed by atoms with Crippen LogP contribution in [0.4, 0.5) is 5.82 Å². The van der Waals surface area contributed by atoms with E-state index in [1.165, 1.54) is 12.1 Å². The Kier molecular flexibility index (Phi) is 4.13. The van der Waals surface area contributed by atoms with E-state index >= 15 is 0 Å². The number of H-pyrrole nitrogens is 1. The van der Waals surface area contributed by atoms with Gasteiger partial charge in [-0.15, -0.1) is 0 Å². The lowest BCUT2D eigenvalue weighted by Gasteiger charge is -2.07. The third-order valence-electron chi connectivity index (χ3n) is 3.23. The molecule has 2 heterocycles. The lowest BCUT2D eigenvalue weighted by atomic mass is 10.2. The summed E-state index contributed by atoms with van der Waals surface area (Å²) in [5, 5.41) is 11.8. The normalized spacial score (nSPS) is 10.8. The molecule has 0 saturated carbocycles. The van der Waals surface area contributed by atoms with Gasteiger partial charge >= 0.3 is 5.82 Å². The second kappa shape index (κ2) is 6.25. The van der Waals surface area contributed by atoms with Crippen LogP contribution in [0.15, 0.2) is 35.1 Å². The van der Waals surface area contributed by atoms with Crippen LogP contribution in [0.25, 0.3) is 10.9 Å². The molecule has 0 atom stereocenters. The summed E-state index contributed by atoms with van der Waals surface area (Å²) in [4.78, 5) is 33.1. The first-order valence-corrected chi connectivity index (χ1v) is 7.25. The van der Waals surface area contributed by atoms with Gasteiger partial charge in [0, 0.05) is 11.9 Å². The first kappa shape index (κ1) is 15.9. The highest BCUT2D eigenvalue weighted by atomic mass is 35.5. The molecule has 0 aliphatic heterocycles. The van der Waals surface area contributed by atoms with Crippen molar-refractivity contribution in [2.75, 3.05) is 0 Å². The summed E-state index contributed by atoms with van der Waals surface area (Å²) in [5.41, 5.74) is 0.596. The number of nitro groups is 1. The van der Waals surface area contributed by atoms with E-state index < -0.39 is 4.92 Å². The zero-order valence-corrected chi connectivity index (χ0v) is 13.2. The molecule has 0 aliphatic rings. The number of aromatic amines is 1. The minimum absolute atomic E-state index is 0.00412. The van der Waals surface area contributed by atoms with Gasteiger partial charge in [-0.3, -0.25) is 4.79 Å². The fourth-order valence-corrected chi connectivity index (χ4v) is 2.32. The Balaban J connectivity index is 1.90. The molecule has 3 rings (SSSR count). The number of fused-ring (bicyclic) bond motifs is 1. The van der Waals surface area contributed by atoms with Crippen LogP contribution in [0.2, 0.25) is 5.02 Å². The molecule has 2 aromatic heterocycles. The fraction of sp³-hybridized carbons (Fsp3) is 0.133. The van der Waals surface area contributed by atoms with Gasteiger partial charge in [-0.05, 0) is 40.2 Å². The van der Waals surface area contributed by atoms with Gasteiger partial charge < -0.3 is 19.8 Å². The summed E-state index contributed by atoms with van der Waals surface area (Å²) in [6.45, 7) is 1.50. The van der Waals surface area contributed by atoms with E-state index in [2.05, 4.69) is 15.0 Å². The highest BCUT2D eigenvalue weighted by Gasteiger charge is 2.18. The zero-order chi connectivity index (χ0) is 17.3. The van der Waals surface area contributed by atoms with Gasteiger partial charge in [0.1, 0.15) is 18.1 Å². The van der Waals surface area contributed by atoms with Crippen LogP contribution in [0.3, 0.4) is 0 Å². The van der Waals surface area contributed by atoms with E-state index in [4.69, 9.17) is 16.3 Å². The Labute approximate surface area is 140 Å². The summed E-state index contributed by atoms with van der Waals surface area (Å²) >= 11 is 5.86. The highest BCUT2D eigenvalue weighted by Crippen LogP contribution is 2.25. The van der Waals surface area contributed by atoms with Crippen molar-refractivity contribution in [2.45, 2.75) is 13.5 Å². The maximum absolute atomic E-state index is 12.1. The Bertz CT molecular complexity index is 1000. The van der Waals surface area contributed by atoms with E-state index in [1.807, 2.05) is 0 Å². The van der Waals surface area contributed by atoms with Gasteiger partial charge in [-0.1, -0.05) is 11.6 Å². The van der Waals surface area contributed by atoms with Crippen molar-refractivity contribution in [3.8, 4) is 5.75 Å². The Morgan fingerprint density at radius 3 is 2.83 bits per heavy atom. The maximum Gasteiger partial charge on any atom is 0.406 e. The molecule has 0 fully saturated rings. The van der Waals surface area contributed by atoms with E-state index in [0.717, 1.165) is 0 Å². The number of benzene rings is 1. The van der Waals surface area contributed by atoms with Crippen molar-refractivity contribution in [2.24, 2.45) is 0 Å². The number of pyridine rings is 1. The van der Waals surface area contributed by atoms with Crippen LogP contribution in [0.1, 0.15) is 11.5 Å². The minimum Gasteiger partial charge on any atom is -0.478 e. The summed E-state index contributed by atoms with van der Waals surface area (Å²) < 4.78 is 5.40. The number of ether oxygens (including phenoxy) is 1. The van der Waals surface area contributed by atoms with Crippen LogP contribution in [0.5, 0.6) is 5.75 Å². The fourth-order valence-electron chi connectivity index (χ4n) is 2.15. The smallest absolute Gasteiger partial charge is 0.406 e. The van der Waals surface area contributed by atoms with Crippen molar-refractivity contribution in [1.82, 2.24) is 15.0 Å². The van der Waals surface area contributed by atoms with Gasteiger partial charge in [0.2, 0.25) is 5.75 Å². The number of aryl methyl sites for hydroxylation is 1. The summed E-state index contributed by atoms with van der Waals surface area (Å²) in [6.07, 6.45) is 0. The standard InChI is InChI=1S/C15H11ClN4O4/c1-8-2-5-12(14(17-8)20(22)23)24-7-13-18-11-4-3-9(16)6-10(11)15(21)19-13/h2-6H,7H2,1H3,(H,18,19,21). The topological polar surface area (TPSA) is 111 Å². The predicted octanol–water partition coefficient (Wildman–Crippen LogP) is 2.77. The summed E-state index contributed by atoms with van der Waals surface area (Å²) in [7, 11) is 0. The predicted molar refractivity (Wildman–Crippen MR) is 87.3 cm³/mol. The average Bonchev–Trinajstić information content (AvgIpc) is 2.54. The van der Waals surface area contributed by atoms with Crippen molar-refractivity contribution in [3.05, 3.63) is 67.3 Å². The lowest BCUT2D eigenvalue weighted by molar-refractivity contribution is -0.390. The molecule has 8 nitrogen and oxygen atoms in total. The number of hydrogen-bond acceptors (Lipinski definition) is 6. The van der Waals surface area contributed by atoms with E-state index in [-0.39, 0.29) is 29.6 Å². The molecule has 0 bridgehead atoms. The van der Waals surface area contributed by atoms with Gasteiger partial charge in [-0.2, -0.15) is 0 Å². The molecule has 1 N–H and O–H groups in total. The zero-order valence-electron chi connectivity index (χ0n) is 12.4. The molecule has 3 aromatic rings. The monoisotopic (exact) mass is 346 g/mol. The summed E-state index contributed by atoms with van der Waals surface area (Å²) in [5.74, 6) is -0.140.